The summed E-state index contributed by atoms with van der Waals surface area (Å²) in [5, 5.41) is 28.5. The number of aryl methyl sites for hydroxylation is 1. The minimum absolute atomic E-state index is 0.382. The summed E-state index contributed by atoms with van der Waals surface area (Å²) in [6.45, 7) is 2.81. The zero-order chi connectivity index (χ0) is 21.2. The van der Waals surface area contributed by atoms with Gasteiger partial charge in [0.15, 0.2) is 11.6 Å². The van der Waals surface area contributed by atoms with Crippen LogP contribution in [-0.2, 0) is 20.0 Å². The van der Waals surface area contributed by atoms with Gasteiger partial charge < -0.3 is 15.7 Å². The largest absolute Gasteiger partial charge is 0.390 e. The average Bonchev–Trinajstić information content (AvgIpc) is 3.38. The van der Waals surface area contributed by atoms with Crippen molar-refractivity contribution in [3.8, 4) is 0 Å². The second kappa shape index (κ2) is 8.32. The molecule has 31 heavy (non-hydrogen) atoms. The molecule has 0 fully saturated rings. The predicted octanol–water partition coefficient (Wildman–Crippen LogP) is 1.66. The molecule has 1 atom stereocenters. The summed E-state index contributed by atoms with van der Waals surface area (Å²) in [5.41, 5.74) is 4.93. The molecule has 4 heterocycles. The van der Waals surface area contributed by atoms with Crippen LogP contribution in [0.5, 0.6) is 0 Å². The van der Waals surface area contributed by atoms with Crippen LogP contribution in [0.1, 0.15) is 11.1 Å². The van der Waals surface area contributed by atoms with E-state index in [0.29, 0.717) is 35.8 Å². The molecule has 3 aromatic heterocycles. The number of aromatic nitrogens is 6. The molecule has 10 heteroatoms. The Labute approximate surface area is 179 Å². The molecule has 10 nitrogen and oxygen atoms in total. The summed E-state index contributed by atoms with van der Waals surface area (Å²) in [6.07, 6.45) is 5.57. The fraction of sp³-hybridized carbons (Fsp3) is 0.333. The Bertz CT molecular complexity index is 1180. The molecule has 1 unspecified atom stereocenters. The maximum Gasteiger partial charge on any atom is 0.174 e. The van der Waals surface area contributed by atoms with E-state index in [2.05, 4.69) is 65.1 Å². The molecular formula is C21H25N9O. The number of hydrogen-bond acceptors (Lipinski definition) is 8. The van der Waals surface area contributed by atoms with E-state index in [0.717, 1.165) is 25.2 Å². The van der Waals surface area contributed by atoms with Gasteiger partial charge in [-0.2, -0.15) is 10.2 Å². The van der Waals surface area contributed by atoms with Crippen molar-refractivity contribution >= 4 is 28.4 Å². The monoisotopic (exact) mass is 419 g/mol. The lowest BCUT2D eigenvalue weighted by Crippen LogP contribution is -2.39. The normalized spacial score (nSPS) is 15.0. The van der Waals surface area contributed by atoms with E-state index >= 15 is 0 Å². The van der Waals surface area contributed by atoms with Gasteiger partial charge in [-0.3, -0.25) is 14.7 Å². The van der Waals surface area contributed by atoms with Gasteiger partial charge in [0, 0.05) is 39.4 Å². The van der Waals surface area contributed by atoms with Gasteiger partial charge in [0.1, 0.15) is 17.4 Å². The average molecular weight is 419 g/mol. The maximum absolute atomic E-state index is 10.6. The summed E-state index contributed by atoms with van der Waals surface area (Å²) in [4.78, 5) is 10.9. The van der Waals surface area contributed by atoms with Gasteiger partial charge in [-0.15, -0.1) is 0 Å². The van der Waals surface area contributed by atoms with Crippen LogP contribution in [-0.4, -0.2) is 65.7 Å². The Kier molecular flexibility index (Phi) is 5.23. The number of nitrogens with zero attached hydrogens (tertiary/aromatic N) is 6. The number of H-pyrrole nitrogens is 1. The Morgan fingerprint density at radius 3 is 2.90 bits per heavy atom. The molecule has 160 valence electrons. The minimum atomic E-state index is -0.521. The van der Waals surface area contributed by atoms with E-state index in [1.807, 2.05) is 13.2 Å². The molecule has 1 aliphatic rings. The summed E-state index contributed by atoms with van der Waals surface area (Å²) in [6, 6.07) is 8.51. The number of benzene rings is 1. The minimum Gasteiger partial charge on any atom is -0.390 e. The Morgan fingerprint density at radius 2 is 2.06 bits per heavy atom. The first kappa shape index (κ1) is 19.5. The third kappa shape index (κ3) is 4.21. The van der Waals surface area contributed by atoms with Crippen molar-refractivity contribution in [1.82, 2.24) is 34.8 Å². The Morgan fingerprint density at radius 1 is 1.19 bits per heavy atom. The van der Waals surface area contributed by atoms with Gasteiger partial charge in [0.25, 0.3) is 0 Å². The lowest BCUT2D eigenvalue weighted by molar-refractivity contribution is 0.114. The van der Waals surface area contributed by atoms with E-state index in [-0.39, 0.29) is 0 Å². The smallest absolute Gasteiger partial charge is 0.174 e. The van der Waals surface area contributed by atoms with Crippen LogP contribution < -0.4 is 10.6 Å². The van der Waals surface area contributed by atoms with Crippen LogP contribution in [0.15, 0.2) is 43.0 Å². The van der Waals surface area contributed by atoms with E-state index < -0.39 is 6.10 Å². The molecule has 0 radical (unpaired) electrons. The topological polar surface area (TPSA) is 120 Å². The summed E-state index contributed by atoms with van der Waals surface area (Å²) in [5.74, 6) is 1.21. The van der Waals surface area contributed by atoms with Gasteiger partial charge in [-0.25, -0.2) is 9.97 Å². The summed E-state index contributed by atoms with van der Waals surface area (Å²) >= 11 is 0. The Balaban J connectivity index is 1.21. The summed E-state index contributed by atoms with van der Waals surface area (Å²) < 4.78 is 1.71. The van der Waals surface area contributed by atoms with Crippen molar-refractivity contribution in [3.63, 3.8) is 0 Å². The van der Waals surface area contributed by atoms with Crippen LogP contribution in [0.2, 0.25) is 0 Å². The van der Waals surface area contributed by atoms with Crippen LogP contribution in [0.25, 0.3) is 11.0 Å². The van der Waals surface area contributed by atoms with Crippen molar-refractivity contribution in [2.24, 2.45) is 7.05 Å². The zero-order valence-corrected chi connectivity index (χ0v) is 17.3. The zero-order valence-electron chi connectivity index (χ0n) is 17.3. The van der Waals surface area contributed by atoms with Gasteiger partial charge in [0.05, 0.1) is 18.0 Å². The third-order valence-corrected chi connectivity index (χ3v) is 5.50. The number of fused-ring (bicyclic) bond motifs is 2. The van der Waals surface area contributed by atoms with Crippen molar-refractivity contribution in [2.75, 3.05) is 30.3 Å². The van der Waals surface area contributed by atoms with Crippen molar-refractivity contribution in [3.05, 3.63) is 54.1 Å². The first-order valence-corrected chi connectivity index (χ1v) is 10.3. The first-order chi connectivity index (χ1) is 15.2. The second-order valence-corrected chi connectivity index (χ2v) is 7.83. The molecule has 0 saturated heterocycles. The van der Waals surface area contributed by atoms with Crippen molar-refractivity contribution in [1.29, 1.82) is 0 Å². The highest BCUT2D eigenvalue weighted by Crippen LogP contribution is 2.25. The molecule has 1 aromatic carbocycles. The molecule has 0 amide bonds. The van der Waals surface area contributed by atoms with E-state index in [4.69, 9.17) is 0 Å². The van der Waals surface area contributed by atoms with Crippen LogP contribution in [0.3, 0.4) is 0 Å². The lowest BCUT2D eigenvalue weighted by atomic mass is 10.00. The molecule has 0 aliphatic carbocycles. The number of nitrogens with one attached hydrogen (secondary N) is 3. The van der Waals surface area contributed by atoms with Crippen molar-refractivity contribution < 1.29 is 5.11 Å². The maximum atomic E-state index is 10.6. The van der Waals surface area contributed by atoms with Crippen LogP contribution >= 0.6 is 0 Å². The first-order valence-electron chi connectivity index (χ1n) is 10.3. The van der Waals surface area contributed by atoms with Gasteiger partial charge in [0.2, 0.25) is 0 Å². The lowest BCUT2D eigenvalue weighted by Gasteiger charge is -2.30. The number of rotatable bonds is 7. The standard InChI is InChI=1S/C21H25N9O/c1-29-11-16(8-25-29)26-20-19-18(23-13-24-20)21(28-27-19)22-9-17(31)12-30-7-6-14-4-2-3-5-15(14)10-30/h2-5,8,11,13,17,31H,6-7,9-10,12H2,1H3,(H2,22,27,28)(H,23,24,26). The van der Waals surface area contributed by atoms with E-state index in [1.165, 1.54) is 17.5 Å². The number of aromatic amines is 1. The summed E-state index contributed by atoms with van der Waals surface area (Å²) in [7, 11) is 1.85. The van der Waals surface area contributed by atoms with Gasteiger partial charge in [-0.1, -0.05) is 24.3 Å². The number of aliphatic hydroxyl groups excluding tert-OH is 1. The number of anilines is 3. The molecule has 1 aliphatic heterocycles. The molecule has 0 bridgehead atoms. The molecule has 4 aromatic rings. The highest BCUT2D eigenvalue weighted by atomic mass is 16.3. The van der Waals surface area contributed by atoms with Gasteiger partial charge >= 0.3 is 0 Å². The van der Waals surface area contributed by atoms with Crippen molar-refractivity contribution in [2.45, 2.75) is 19.1 Å². The quantitative estimate of drug-likeness (QED) is 0.357. The molecule has 0 spiro atoms. The SMILES string of the molecule is Cn1cc(Nc2ncnc3c(NCC(O)CN4CCc5ccccc5C4)n[nH]c23)cn1. The highest BCUT2D eigenvalue weighted by Gasteiger charge is 2.19. The van der Waals surface area contributed by atoms with E-state index in [1.54, 1.807) is 10.9 Å². The highest BCUT2D eigenvalue weighted by molar-refractivity contribution is 5.93. The van der Waals surface area contributed by atoms with Crippen LogP contribution in [0, 0.1) is 0 Å². The Hall–Kier alpha value is -3.50. The number of aliphatic hydroxyl groups is 1. The second-order valence-electron chi connectivity index (χ2n) is 7.83. The fourth-order valence-electron chi connectivity index (χ4n) is 3.96. The predicted molar refractivity (Wildman–Crippen MR) is 118 cm³/mol. The van der Waals surface area contributed by atoms with Crippen LogP contribution in [0.4, 0.5) is 17.3 Å². The van der Waals surface area contributed by atoms with E-state index in [9.17, 15) is 5.11 Å². The van der Waals surface area contributed by atoms with Gasteiger partial charge in [-0.05, 0) is 17.5 Å². The number of hydrogen-bond donors (Lipinski definition) is 4. The molecule has 4 N–H and O–H groups in total. The third-order valence-electron chi connectivity index (χ3n) is 5.50. The molecular weight excluding hydrogens is 394 g/mol. The fourth-order valence-corrected chi connectivity index (χ4v) is 3.96. The molecule has 0 saturated carbocycles. The number of β-amino-alcohol motifs (C(OH)–C–C–N with tert-alkyl or cyclic N) is 1. The molecule has 5 rings (SSSR count).